The molecular weight excluding hydrogens is 348 g/mol. The maximum atomic E-state index is 6.12. The van der Waals surface area contributed by atoms with Gasteiger partial charge >= 0.3 is 0 Å². The minimum atomic E-state index is -0.304. The van der Waals surface area contributed by atoms with Crippen molar-refractivity contribution in [3.05, 3.63) is 46.5 Å². The van der Waals surface area contributed by atoms with Crippen molar-refractivity contribution in [1.29, 1.82) is 0 Å². The summed E-state index contributed by atoms with van der Waals surface area (Å²) in [6, 6.07) is 6.38. The molecule has 2 aliphatic rings. The smallest absolute Gasteiger partial charge is 0.155 e. The van der Waals surface area contributed by atoms with E-state index < -0.39 is 0 Å². The van der Waals surface area contributed by atoms with Crippen molar-refractivity contribution in [2.45, 2.75) is 30.1 Å². The summed E-state index contributed by atoms with van der Waals surface area (Å²) in [5.74, 6) is 0. The number of allylic oxidation sites excluding steroid dienone is 1. The number of nitrogens with two attached hydrogens (primary N) is 1. The molecule has 1 spiro atoms. The second-order valence-electron chi connectivity index (χ2n) is 5.97. The van der Waals surface area contributed by atoms with Crippen LogP contribution in [0.2, 0.25) is 0 Å². The number of hydrogen-bond acceptors (Lipinski definition) is 4. The van der Waals surface area contributed by atoms with Gasteiger partial charge in [-0.1, -0.05) is 39.8 Å². The highest BCUT2D eigenvalue weighted by Crippen LogP contribution is 2.49. The van der Waals surface area contributed by atoms with E-state index in [0.29, 0.717) is 5.17 Å². The van der Waals surface area contributed by atoms with Gasteiger partial charge in [0, 0.05) is 4.47 Å². The van der Waals surface area contributed by atoms with Gasteiger partial charge in [0.25, 0.3) is 0 Å². The zero-order chi connectivity index (χ0) is 15.1. The molecule has 2 aliphatic heterocycles. The zero-order valence-electron chi connectivity index (χ0n) is 12.1. The average Bonchev–Trinajstić information content (AvgIpc) is 2.38. The van der Waals surface area contributed by atoms with Crippen LogP contribution in [0.25, 0.3) is 0 Å². The van der Waals surface area contributed by atoms with E-state index in [-0.39, 0.29) is 10.3 Å². The summed E-state index contributed by atoms with van der Waals surface area (Å²) in [4.78, 5) is 4.79. The summed E-state index contributed by atoms with van der Waals surface area (Å²) < 4.78 is 6.60. The first kappa shape index (κ1) is 15.1. The van der Waals surface area contributed by atoms with Crippen LogP contribution >= 0.6 is 27.7 Å². The minimum absolute atomic E-state index is 0.0916. The van der Waals surface area contributed by atoms with Gasteiger partial charge in [-0.25, -0.2) is 0 Å². The summed E-state index contributed by atoms with van der Waals surface area (Å²) in [6.45, 7) is 7.55. The molecule has 0 saturated carbocycles. The number of thioether (sulfide) groups is 1. The van der Waals surface area contributed by atoms with Crippen LogP contribution in [0, 0.1) is 0 Å². The molecule has 1 fully saturated rings. The average molecular weight is 367 g/mol. The molecule has 1 unspecified atom stereocenters. The van der Waals surface area contributed by atoms with Crippen LogP contribution in [-0.4, -0.2) is 23.1 Å². The molecule has 2 N–H and O–H groups in total. The molecule has 21 heavy (non-hydrogen) atoms. The largest absolute Gasteiger partial charge is 0.378 e. The number of nitrogens with zero attached hydrogens (tertiary/aromatic N) is 1. The Labute approximate surface area is 138 Å². The van der Waals surface area contributed by atoms with Crippen LogP contribution in [0.3, 0.4) is 0 Å². The quantitative estimate of drug-likeness (QED) is 0.831. The molecule has 0 radical (unpaired) electrons. The first-order chi connectivity index (χ1) is 9.96. The predicted octanol–water partition coefficient (Wildman–Crippen LogP) is 3.61. The highest BCUT2D eigenvalue weighted by molar-refractivity contribution is 9.10. The summed E-state index contributed by atoms with van der Waals surface area (Å²) >= 11 is 5.24. The van der Waals surface area contributed by atoms with Gasteiger partial charge in [-0.15, -0.1) is 6.58 Å². The van der Waals surface area contributed by atoms with Crippen molar-refractivity contribution in [3.63, 3.8) is 0 Å². The van der Waals surface area contributed by atoms with E-state index >= 15 is 0 Å². The highest BCUT2D eigenvalue weighted by Gasteiger charge is 2.50. The lowest BCUT2D eigenvalue weighted by atomic mass is 9.79. The molecule has 0 aliphatic carbocycles. The second-order valence-corrected chi connectivity index (χ2v) is 8.38. The molecule has 1 saturated heterocycles. The Kier molecular flexibility index (Phi) is 3.93. The van der Waals surface area contributed by atoms with Crippen LogP contribution in [0.15, 0.2) is 40.3 Å². The fraction of sp³-hybridized carbons (Fsp3) is 0.438. The third-order valence-electron chi connectivity index (χ3n) is 4.09. The van der Waals surface area contributed by atoms with Crippen LogP contribution in [0.4, 0.5) is 0 Å². The SMILES string of the molecule is C=CCc1ccc(Br)cc1C1(C)CC2(COC2)SC(N)=N1. The van der Waals surface area contributed by atoms with Crippen molar-refractivity contribution >= 4 is 32.9 Å². The molecule has 3 nitrogen and oxygen atoms in total. The van der Waals surface area contributed by atoms with Gasteiger partial charge < -0.3 is 10.5 Å². The van der Waals surface area contributed by atoms with Gasteiger partial charge in [0.1, 0.15) is 0 Å². The Balaban J connectivity index is 2.07. The Morgan fingerprint density at radius 2 is 2.29 bits per heavy atom. The van der Waals surface area contributed by atoms with Crippen molar-refractivity contribution in [3.8, 4) is 0 Å². The van der Waals surface area contributed by atoms with E-state index in [1.165, 1.54) is 11.1 Å². The lowest BCUT2D eigenvalue weighted by Crippen LogP contribution is -2.54. The van der Waals surface area contributed by atoms with Crippen LogP contribution < -0.4 is 5.73 Å². The van der Waals surface area contributed by atoms with Crippen LogP contribution in [0.1, 0.15) is 24.5 Å². The molecule has 1 aromatic carbocycles. The Hall–Kier alpha value is -0.780. The molecule has 112 valence electrons. The van der Waals surface area contributed by atoms with Crippen molar-refractivity contribution < 1.29 is 4.74 Å². The fourth-order valence-electron chi connectivity index (χ4n) is 3.22. The molecule has 0 bridgehead atoms. The molecule has 1 aromatic rings. The Bertz CT molecular complexity index is 612. The van der Waals surface area contributed by atoms with Crippen molar-refractivity contribution in [1.82, 2.24) is 0 Å². The van der Waals surface area contributed by atoms with Crippen molar-refractivity contribution in [2.75, 3.05) is 13.2 Å². The first-order valence-corrected chi connectivity index (χ1v) is 8.59. The van der Waals surface area contributed by atoms with Gasteiger partial charge in [0.15, 0.2) is 5.17 Å². The lowest BCUT2D eigenvalue weighted by molar-refractivity contribution is -0.0210. The topological polar surface area (TPSA) is 47.6 Å². The number of hydrogen-bond donors (Lipinski definition) is 1. The van der Waals surface area contributed by atoms with Gasteiger partial charge in [-0.05, 0) is 43.0 Å². The summed E-state index contributed by atoms with van der Waals surface area (Å²) in [6.07, 6.45) is 3.72. The van der Waals surface area contributed by atoms with Crippen molar-refractivity contribution in [2.24, 2.45) is 10.7 Å². The third-order valence-corrected chi connectivity index (χ3v) is 5.70. The van der Waals surface area contributed by atoms with Gasteiger partial charge in [-0.3, -0.25) is 4.99 Å². The maximum Gasteiger partial charge on any atom is 0.155 e. The predicted molar refractivity (Wildman–Crippen MR) is 92.8 cm³/mol. The number of halogens is 1. The summed E-state index contributed by atoms with van der Waals surface area (Å²) in [5, 5.41) is 0.663. The minimum Gasteiger partial charge on any atom is -0.378 e. The number of ether oxygens (including phenoxy) is 1. The molecule has 0 aromatic heterocycles. The summed E-state index contributed by atoms with van der Waals surface area (Å²) in [7, 11) is 0. The van der Waals surface area contributed by atoms with Gasteiger partial charge in [-0.2, -0.15) is 0 Å². The Morgan fingerprint density at radius 1 is 1.52 bits per heavy atom. The molecule has 1 atom stereocenters. The number of amidine groups is 1. The fourth-order valence-corrected chi connectivity index (χ4v) is 4.91. The third kappa shape index (κ3) is 2.79. The zero-order valence-corrected chi connectivity index (χ0v) is 14.5. The Morgan fingerprint density at radius 3 is 2.90 bits per heavy atom. The molecule has 0 amide bonds. The van der Waals surface area contributed by atoms with E-state index in [1.807, 2.05) is 6.08 Å². The van der Waals surface area contributed by atoms with E-state index in [4.69, 9.17) is 15.5 Å². The first-order valence-electron chi connectivity index (χ1n) is 6.98. The van der Waals surface area contributed by atoms with Gasteiger partial charge in [0.05, 0.1) is 23.5 Å². The van der Waals surface area contributed by atoms with E-state index in [1.54, 1.807) is 11.8 Å². The maximum absolute atomic E-state index is 6.12. The molecule has 2 heterocycles. The normalized spacial score (nSPS) is 27.0. The van der Waals surface area contributed by atoms with E-state index in [2.05, 4.69) is 47.6 Å². The number of rotatable bonds is 3. The van der Waals surface area contributed by atoms with Crippen LogP contribution in [-0.2, 0) is 16.7 Å². The molecule has 5 heteroatoms. The van der Waals surface area contributed by atoms with E-state index in [0.717, 1.165) is 30.5 Å². The number of aliphatic imine (C=N–C) groups is 1. The van der Waals surface area contributed by atoms with Crippen LogP contribution in [0.5, 0.6) is 0 Å². The lowest BCUT2D eigenvalue weighted by Gasteiger charge is -2.48. The summed E-state index contributed by atoms with van der Waals surface area (Å²) in [5.41, 5.74) is 8.30. The highest BCUT2D eigenvalue weighted by atomic mass is 79.9. The van der Waals surface area contributed by atoms with E-state index in [9.17, 15) is 0 Å². The number of benzene rings is 1. The molecular formula is C16H19BrN2OS. The monoisotopic (exact) mass is 366 g/mol. The second kappa shape index (κ2) is 5.45. The molecule has 3 rings (SSSR count). The standard InChI is InChI=1S/C16H19BrN2OS/c1-3-4-11-5-6-12(17)7-13(11)15(2)8-16(9-20-10-16)21-14(18)19-15/h3,5-7H,1,4,8-10H2,2H3,(H2,18,19). The van der Waals surface area contributed by atoms with Gasteiger partial charge in [0.2, 0.25) is 0 Å².